The maximum absolute atomic E-state index is 12.3. The van der Waals surface area contributed by atoms with Crippen molar-refractivity contribution in [1.82, 2.24) is 10.6 Å². The molecule has 0 aromatic heterocycles. The van der Waals surface area contributed by atoms with Crippen molar-refractivity contribution in [3.05, 3.63) is 0 Å². The van der Waals surface area contributed by atoms with E-state index in [9.17, 15) is 19.2 Å². The van der Waals surface area contributed by atoms with Gasteiger partial charge >= 0.3 is 41.5 Å². The first-order valence-electron chi connectivity index (χ1n) is 18.2. The number of rotatable bonds is 32. The fourth-order valence-electron chi connectivity index (χ4n) is 5.32. The van der Waals surface area contributed by atoms with Crippen molar-refractivity contribution in [1.29, 1.82) is 0 Å². The van der Waals surface area contributed by atoms with Crippen molar-refractivity contribution in [3.63, 3.8) is 0 Å². The number of hydrogen-bond donors (Lipinski definition) is 2. The van der Waals surface area contributed by atoms with Crippen LogP contribution in [0.4, 0.5) is 0 Å². The molecule has 0 aliphatic rings. The van der Waals surface area contributed by atoms with Crippen LogP contribution in [0.1, 0.15) is 182 Å². The van der Waals surface area contributed by atoms with Crippen molar-refractivity contribution < 1.29 is 59.6 Å². The molecule has 0 aliphatic heterocycles. The summed E-state index contributed by atoms with van der Waals surface area (Å²) < 4.78 is 9.90. The third kappa shape index (κ3) is 32.6. The van der Waals surface area contributed by atoms with Crippen LogP contribution < -0.4 is 40.2 Å². The molecule has 1 atom stereocenters. The van der Waals surface area contributed by atoms with Gasteiger partial charge in [-0.2, -0.15) is 0 Å². The van der Waals surface area contributed by atoms with E-state index in [1.807, 2.05) is 0 Å². The fraction of sp³-hybridized carbons (Fsp3) is 0.889. The van der Waals surface area contributed by atoms with E-state index in [1.54, 1.807) is 0 Å². The second-order valence-electron chi connectivity index (χ2n) is 12.4. The first-order chi connectivity index (χ1) is 21.4. The number of hydrogen-bond acceptors (Lipinski definition) is 6. The summed E-state index contributed by atoms with van der Waals surface area (Å²) in [5.41, 5.74) is 0. The first kappa shape index (κ1) is 46.0. The van der Waals surface area contributed by atoms with Gasteiger partial charge in [0.05, 0.1) is 7.11 Å². The minimum absolute atomic E-state index is 0. The predicted octanol–water partition coefficient (Wildman–Crippen LogP) is 5.60. The van der Waals surface area contributed by atoms with Gasteiger partial charge in [-0.15, -0.1) is 0 Å². The van der Waals surface area contributed by atoms with Gasteiger partial charge in [-0.25, -0.2) is 4.79 Å². The Morgan fingerprint density at radius 2 is 0.911 bits per heavy atom. The molecule has 2 N–H and O–H groups in total. The molecule has 45 heavy (non-hydrogen) atoms. The van der Waals surface area contributed by atoms with E-state index < -0.39 is 18.0 Å². The Hall–Kier alpha value is -1.12. The van der Waals surface area contributed by atoms with Gasteiger partial charge < -0.3 is 21.5 Å². The Balaban J connectivity index is -0.00000924. The van der Waals surface area contributed by atoms with Crippen molar-refractivity contribution in [2.24, 2.45) is 0 Å². The van der Waals surface area contributed by atoms with Crippen molar-refractivity contribution >= 4 is 23.8 Å². The minimum Gasteiger partial charge on any atom is -1.00 e. The summed E-state index contributed by atoms with van der Waals surface area (Å²) in [6.07, 6.45) is 30.0. The van der Waals surface area contributed by atoms with Crippen LogP contribution in [-0.4, -0.2) is 50.1 Å². The third-order valence-corrected chi connectivity index (χ3v) is 8.18. The van der Waals surface area contributed by atoms with Crippen molar-refractivity contribution in [2.75, 3.05) is 20.3 Å². The van der Waals surface area contributed by atoms with E-state index >= 15 is 0 Å². The zero-order valence-corrected chi connectivity index (χ0v) is 31.8. The molecule has 0 bridgehead atoms. The molecule has 0 aromatic carbocycles. The summed E-state index contributed by atoms with van der Waals surface area (Å²) in [6.45, 7) is 3.89. The number of esters is 2. The Bertz CT molecular complexity index is 729. The normalized spacial score (nSPS) is 11.4. The zero-order valence-electron chi connectivity index (χ0n) is 30.8. The Morgan fingerprint density at radius 3 is 1.29 bits per heavy atom. The summed E-state index contributed by atoms with van der Waals surface area (Å²) in [7, 11) is 1.23. The average molecular weight is 649 g/mol. The molecule has 0 heterocycles. The third-order valence-electron chi connectivity index (χ3n) is 8.18. The van der Waals surface area contributed by atoms with E-state index in [4.69, 9.17) is 9.47 Å². The SMILES string of the molecule is CCCCCCCCCCCCCCCC(=O)NCC(=O)OC[C@H](NC(=O)CCCCCCCCCCCCC)C(=O)OC.[H-].[Na+]. The fourth-order valence-corrected chi connectivity index (χ4v) is 5.32. The smallest absolute Gasteiger partial charge is 1.00 e. The number of amides is 2. The van der Waals surface area contributed by atoms with Gasteiger partial charge in [-0.05, 0) is 12.8 Å². The van der Waals surface area contributed by atoms with E-state index in [2.05, 4.69) is 24.5 Å². The van der Waals surface area contributed by atoms with E-state index in [-0.39, 0.29) is 55.9 Å². The van der Waals surface area contributed by atoms with Gasteiger partial charge in [-0.3, -0.25) is 14.4 Å². The Morgan fingerprint density at radius 1 is 0.556 bits per heavy atom. The van der Waals surface area contributed by atoms with Crippen LogP contribution in [0.5, 0.6) is 0 Å². The summed E-state index contributed by atoms with van der Waals surface area (Å²) in [5, 5.41) is 5.19. The van der Waals surface area contributed by atoms with Gasteiger partial charge in [-0.1, -0.05) is 155 Å². The monoisotopic (exact) mass is 649 g/mol. The molecule has 0 saturated carbocycles. The summed E-state index contributed by atoms with van der Waals surface area (Å²) in [4.78, 5) is 48.6. The van der Waals surface area contributed by atoms with E-state index in [0.717, 1.165) is 38.5 Å². The van der Waals surface area contributed by atoms with Gasteiger partial charge in [0.2, 0.25) is 11.8 Å². The number of ether oxygens (including phenoxy) is 2. The molecule has 0 rings (SSSR count). The Kier molecular flexibility index (Phi) is 36.5. The van der Waals surface area contributed by atoms with Crippen LogP contribution in [0.25, 0.3) is 0 Å². The van der Waals surface area contributed by atoms with Crippen molar-refractivity contribution in [2.45, 2.75) is 187 Å². The Labute approximate surface area is 299 Å². The molecule has 8 nitrogen and oxygen atoms in total. The number of carbonyl (C=O) groups excluding carboxylic acids is 4. The molecule has 9 heteroatoms. The molecule has 2 amide bonds. The van der Waals surface area contributed by atoms with Crippen LogP contribution in [0, 0.1) is 0 Å². The molecular weight excluding hydrogens is 579 g/mol. The maximum atomic E-state index is 12.3. The van der Waals surface area contributed by atoms with E-state index in [0.29, 0.717) is 12.8 Å². The molecule has 0 aromatic rings. The largest absolute Gasteiger partial charge is 1.00 e. The number of unbranched alkanes of at least 4 members (excludes halogenated alkanes) is 22. The van der Waals surface area contributed by atoms with Crippen LogP contribution in [0.15, 0.2) is 0 Å². The molecule has 0 unspecified atom stereocenters. The zero-order chi connectivity index (χ0) is 32.5. The van der Waals surface area contributed by atoms with Gasteiger partial charge in [0.1, 0.15) is 13.2 Å². The van der Waals surface area contributed by atoms with Crippen LogP contribution in [-0.2, 0) is 28.7 Å². The molecule has 260 valence electrons. The number of methoxy groups -OCH3 is 1. The van der Waals surface area contributed by atoms with Crippen LogP contribution >= 0.6 is 0 Å². The van der Waals surface area contributed by atoms with Crippen LogP contribution in [0.3, 0.4) is 0 Å². The van der Waals surface area contributed by atoms with Crippen molar-refractivity contribution in [3.8, 4) is 0 Å². The average Bonchev–Trinajstić information content (AvgIpc) is 3.02. The minimum atomic E-state index is -1.06. The molecule has 0 spiro atoms. The summed E-state index contributed by atoms with van der Waals surface area (Å²) in [5.74, 6) is -1.78. The molecule has 0 saturated heterocycles. The molecule has 0 fully saturated rings. The summed E-state index contributed by atoms with van der Waals surface area (Å²) >= 11 is 0. The molecule has 0 aliphatic carbocycles. The van der Waals surface area contributed by atoms with Gasteiger partial charge in [0.25, 0.3) is 0 Å². The van der Waals surface area contributed by atoms with Gasteiger partial charge in [0, 0.05) is 12.8 Å². The molecule has 0 radical (unpaired) electrons. The number of nitrogens with one attached hydrogen (secondary N) is 2. The predicted molar refractivity (Wildman–Crippen MR) is 180 cm³/mol. The number of carbonyl (C=O) groups is 4. The van der Waals surface area contributed by atoms with E-state index in [1.165, 1.54) is 123 Å². The standard InChI is InChI=1S/C36H68N2O6.Na.H/c1-4-6-8-10-12-14-16-17-19-20-22-24-26-28-33(39)37-30-35(41)44-31-32(36(42)43-3)38-34(40)29-27-25-23-21-18-15-13-11-9-7-5-2;;/h32H,4-31H2,1-3H3,(H,37,39)(H,38,40);;/q;+1;-1/t32-;;/m0../s1. The topological polar surface area (TPSA) is 111 Å². The van der Waals surface area contributed by atoms with Crippen LogP contribution in [0.2, 0.25) is 0 Å². The second kappa shape index (κ2) is 35.7. The molecular formula is C36H69N2NaO6. The first-order valence-corrected chi connectivity index (χ1v) is 18.2. The quantitative estimate of drug-likeness (QED) is 0.0558. The van der Waals surface area contributed by atoms with Gasteiger partial charge in [0.15, 0.2) is 6.04 Å². The maximum Gasteiger partial charge on any atom is 1.00 e. The second-order valence-corrected chi connectivity index (χ2v) is 12.4. The summed E-state index contributed by atoms with van der Waals surface area (Å²) in [6, 6.07) is -1.06.